The molecule has 3 aromatic carbocycles. The number of aromatic nitrogens is 1. The maximum Gasteiger partial charge on any atom is 0.250 e. The van der Waals surface area contributed by atoms with E-state index in [1.54, 1.807) is 18.2 Å². The first kappa shape index (κ1) is 20.4. The van der Waals surface area contributed by atoms with Gasteiger partial charge in [0.05, 0.1) is 17.8 Å². The summed E-state index contributed by atoms with van der Waals surface area (Å²) >= 11 is 13.5. The molecule has 150 valence electrons. The van der Waals surface area contributed by atoms with E-state index in [0.717, 1.165) is 22.0 Å². The summed E-state index contributed by atoms with van der Waals surface area (Å²) in [4.78, 5) is 16.9. The van der Waals surface area contributed by atoms with E-state index < -0.39 is 0 Å². The average Bonchev–Trinajstić information content (AvgIpc) is 3.19. The molecule has 0 unspecified atom stereocenters. The Hall–Kier alpha value is -2.86. The summed E-state index contributed by atoms with van der Waals surface area (Å²) in [6.07, 6.45) is 2.99. The van der Waals surface area contributed by atoms with E-state index >= 15 is 0 Å². The van der Waals surface area contributed by atoms with E-state index in [-0.39, 0.29) is 5.91 Å². The molecule has 4 rings (SSSR count). The number of carbonyl (C=O) groups is 1. The van der Waals surface area contributed by atoms with Crippen molar-refractivity contribution in [3.63, 3.8) is 0 Å². The molecule has 0 spiro atoms. The van der Waals surface area contributed by atoms with Gasteiger partial charge in [-0.3, -0.25) is 10.1 Å². The van der Waals surface area contributed by atoms with Crippen LogP contribution in [0.2, 0.25) is 10.0 Å². The molecule has 4 nitrogen and oxygen atoms in total. The van der Waals surface area contributed by atoms with Gasteiger partial charge in [0.15, 0.2) is 5.13 Å². The lowest BCUT2D eigenvalue weighted by Crippen LogP contribution is -2.07. The molecule has 4 aromatic rings. The topological polar surface area (TPSA) is 51.2 Å². The Bertz CT molecular complexity index is 1260. The summed E-state index contributed by atoms with van der Waals surface area (Å²) in [5.41, 5.74) is 2.46. The van der Waals surface area contributed by atoms with Gasteiger partial charge in [0.1, 0.15) is 5.75 Å². The van der Waals surface area contributed by atoms with Gasteiger partial charge < -0.3 is 4.74 Å². The summed E-state index contributed by atoms with van der Waals surface area (Å²) < 4.78 is 5.29. The van der Waals surface area contributed by atoms with Crippen molar-refractivity contribution in [3.8, 4) is 17.0 Å². The number of halogens is 2. The van der Waals surface area contributed by atoms with Gasteiger partial charge in [-0.15, -0.1) is 11.3 Å². The largest absolute Gasteiger partial charge is 0.495 e. The number of rotatable bonds is 5. The Balaban J connectivity index is 1.53. The number of benzene rings is 3. The van der Waals surface area contributed by atoms with Gasteiger partial charge >= 0.3 is 0 Å². The van der Waals surface area contributed by atoms with Crippen LogP contribution in [-0.4, -0.2) is 18.0 Å². The second kappa shape index (κ2) is 8.88. The van der Waals surface area contributed by atoms with Crippen LogP contribution in [0.1, 0.15) is 5.56 Å². The summed E-state index contributed by atoms with van der Waals surface area (Å²) in [5.74, 6) is 0.143. The zero-order valence-corrected chi connectivity index (χ0v) is 18.2. The standard InChI is InChI=1S/C23H16Cl2N2O2S/c1-29-22-15(11-16(24)12-19(22)25)9-10-21(28)27-23-26-20(13-30-23)18-8-4-6-14-5-2-3-7-17(14)18/h2-13H,1H3,(H,26,27,28). The Kier molecular flexibility index (Phi) is 6.04. The number of thiazole rings is 1. The number of amides is 1. The molecule has 1 aromatic heterocycles. The number of ether oxygens (including phenoxy) is 1. The Morgan fingerprint density at radius 1 is 1.13 bits per heavy atom. The SMILES string of the molecule is COc1c(Cl)cc(Cl)cc1C=CC(=O)Nc1nc(-c2cccc3ccccc23)cs1. The van der Waals surface area contributed by atoms with E-state index in [0.29, 0.717) is 26.5 Å². The van der Waals surface area contributed by atoms with Gasteiger partial charge in [0, 0.05) is 27.6 Å². The molecule has 0 aliphatic heterocycles. The lowest BCUT2D eigenvalue weighted by molar-refractivity contribution is -0.111. The summed E-state index contributed by atoms with van der Waals surface area (Å²) in [5, 5.41) is 8.34. The van der Waals surface area contributed by atoms with Gasteiger partial charge in [-0.25, -0.2) is 4.98 Å². The van der Waals surface area contributed by atoms with Crippen molar-refractivity contribution in [2.75, 3.05) is 12.4 Å². The molecule has 0 saturated heterocycles. The van der Waals surface area contributed by atoms with E-state index in [2.05, 4.69) is 28.5 Å². The number of fused-ring (bicyclic) bond motifs is 1. The van der Waals surface area contributed by atoms with E-state index in [1.165, 1.54) is 24.5 Å². The van der Waals surface area contributed by atoms with Crippen molar-refractivity contribution in [2.24, 2.45) is 0 Å². The quantitative estimate of drug-likeness (QED) is 0.332. The lowest BCUT2D eigenvalue weighted by Gasteiger charge is -2.07. The number of nitrogens with one attached hydrogen (secondary N) is 1. The average molecular weight is 455 g/mol. The highest BCUT2D eigenvalue weighted by Crippen LogP contribution is 2.33. The van der Waals surface area contributed by atoms with Crippen LogP contribution in [0.5, 0.6) is 5.75 Å². The highest BCUT2D eigenvalue weighted by molar-refractivity contribution is 7.14. The van der Waals surface area contributed by atoms with Gasteiger partial charge in [-0.05, 0) is 29.0 Å². The second-order valence-corrected chi connectivity index (χ2v) is 8.10. The molecule has 0 fully saturated rings. The third kappa shape index (κ3) is 4.33. The van der Waals surface area contributed by atoms with Gasteiger partial charge in [0.2, 0.25) is 5.91 Å². The van der Waals surface area contributed by atoms with E-state index in [9.17, 15) is 4.79 Å². The normalized spacial score (nSPS) is 11.2. The maximum absolute atomic E-state index is 12.4. The fraction of sp³-hybridized carbons (Fsp3) is 0.0435. The van der Waals surface area contributed by atoms with E-state index in [1.807, 2.05) is 29.6 Å². The zero-order valence-electron chi connectivity index (χ0n) is 15.9. The molecule has 1 N–H and O–H groups in total. The molecule has 30 heavy (non-hydrogen) atoms. The number of anilines is 1. The smallest absolute Gasteiger partial charge is 0.250 e. The van der Waals surface area contributed by atoms with Crippen LogP contribution in [0, 0.1) is 0 Å². The van der Waals surface area contributed by atoms with E-state index in [4.69, 9.17) is 27.9 Å². The highest BCUT2D eigenvalue weighted by atomic mass is 35.5. The van der Waals surface area contributed by atoms with Gasteiger partial charge in [0.25, 0.3) is 0 Å². The Morgan fingerprint density at radius 2 is 1.93 bits per heavy atom. The van der Waals surface area contributed by atoms with Crippen LogP contribution in [0.15, 0.2) is 66.1 Å². The van der Waals surface area contributed by atoms with Crippen molar-refractivity contribution >= 4 is 62.4 Å². The minimum Gasteiger partial charge on any atom is -0.495 e. The Morgan fingerprint density at radius 3 is 2.77 bits per heavy atom. The number of hydrogen-bond donors (Lipinski definition) is 1. The van der Waals surface area contributed by atoms with Crippen LogP contribution in [0.3, 0.4) is 0 Å². The molecule has 0 bridgehead atoms. The highest BCUT2D eigenvalue weighted by Gasteiger charge is 2.11. The number of methoxy groups -OCH3 is 1. The fourth-order valence-corrected chi connectivity index (χ4v) is 4.44. The van der Waals surface area contributed by atoms with Crippen molar-refractivity contribution in [3.05, 3.63) is 81.7 Å². The van der Waals surface area contributed by atoms with Crippen LogP contribution in [-0.2, 0) is 4.79 Å². The van der Waals surface area contributed by atoms with Crippen molar-refractivity contribution in [1.29, 1.82) is 0 Å². The molecule has 0 aliphatic carbocycles. The zero-order chi connectivity index (χ0) is 21.1. The number of hydrogen-bond acceptors (Lipinski definition) is 4. The molecule has 0 atom stereocenters. The molecule has 1 amide bonds. The third-order valence-corrected chi connectivity index (χ3v) is 5.71. The molecule has 0 saturated carbocycles. The summed E-state index contributed by atoms with van der Waals surface area (Å²) in [6, 6.07) is 17.5. The first-order valence-electron chi connectivity index (χ1n) is 9.01. The van der Waals surface area contributed by atoms with Crippen LogP contribution < -0.4 is 10.1 Å². The minimum absolute atomic E-state index is 0.313. The predicted octanol–water partition coefficient (Wildman–Crippen LogP) is 6.93. The number of carbonyl (C=O) groups excluding carboxylic acids is 1. The van der Waals surface area contributed by atoms with Crippen LogP contribution >= 0.6 is 34.5 Å². The Labute approximate surface area is 187 Å². The number of nitrogens with zero attached hydrogens (tertiary/aromatic N) is 1. The first-order chi connectivity index (χ1) is 14.5. The van der Waals surface area contributed by atoms with Gasteiger partial charge in [-0.2, -0.15) is 0 Å². The summed E-state index contributed by atoms with van der Waals surface area (Å²) in [6.45, 7) is 0. The molecule has 0 aliphatic rings. The van der Waals surface area contributed by atoms with Crippen molar-refractivity contribution < 1.29 is 9.53 Å². The second-order valence-electron chi connectivity index (χ2n) is 6.40. The first-order valence-corrected chi connectivity index (χ1v) is 10.6. The summed E-state index contributed by atoms with van der Waals surface area (Å²) in [7, 11) is 1.51. The monoisotopic (exact) mass is 454 g/mol. The molecular weight excluding hydrogens is 439 g/mol. The molecule has 7 heteroatoms. The van der Waals surface area contributed by atoms with Crippen molar-refractivity contribution in [1.82, 2.24) is 4.98 Å². The van der Waals surface area contributed by atoms with Crippen LogP contribution in [0.4, 0.5) is 5.13 Å². The van der Waals surface area contributed by atoms with Gasteiger partial charge in [-0.1, -0.05) is 65.7 Å². The molecule has 1 heterocycles. The minimum atomic E-state index is -0.313. The molecule has 0 radical (unpaired) electrons. The lowest BCUT2D eigenvalue weighted by atomic mass is 10.0. The third-order valence-electron chi connectivity index (χ3n) is 4.46. The van der Waals surface area contributed by atoms with Crippen LogP contribution in [0.25, 0.3) is 28.1 Å². The fourth-order valence-electron chi connectivity index (χ4n) is 3.14. The molecular formula is C23H16Cl2N2O2S. The predicted molar refractivity (Wildman–Crippen MR) is 126 cm³/mol. The maximum atomic E-state index is 12.4. The van der Waals surface area contributed by atoms with Crippen molar-refractivity contribution in [2.45, 2.75) is 0 Å².